The van der Waals surface area contributed by atoms with Crippen LogP contribution in [0.5, 0.6) is 5.75 Å². The summed E-state index contributed by atoms with van der Waals surface area (Å²) in [7, 11) is 0. The lowest BCUT2D eigenvalue weighted by molar-refractivity contribution is -0.386. The Kier molecular flexibility index (Phi) is 7.27. The molecule has 1 unspecified atom stereocenters. The van der Waals surface area contributed by atoms with Gasteiger partial charge in [-0.25, -0.2) is 9.79 Å². The summed E-state index contributed by atoms with van der Waals surface area (Å²) in [4.78, 5) is 43.8. The van der Waals surface area contributed by atoms with Gasteiger partial charge in [0.05, 0.1) is 30.9 Å². The highest BCUT2D eigenvalue weighted by Crippen LogP contribution is 2.37. The first-order valence-electron chi connectivity index (χ1n) is 11.3. The van der Waals surface area contributed by atoms with E-state index in [0.717, 1.165) is 16.2 Å². The van der Waals surface area contributed by atoms with E-state index in [1.165, 1.54) is 28.0 Å². The standard InChI is InChI=1S/C26H18IN3O6S2/c1-2-36-25(33)20-21(15-7-4-3-5-8-15)28-26-29(22(20)18-9-6-10-37-18)24(32)19(38-26)13-14-11-16(27)23(31)17(12-14)30(34)35/h3-13,22,31H,2H2,1H3. The number of hydrogen-bond acceptors (Lipinski definition) is 9. The molecule has 4 aromatic rings. The van der Waals surface area contributed by atoms with Gasteiger partial charge in [-0.15, -0.1) is 11.3 Å². The molecule has 1 atom stereocenters. The molecule has 2 aromatic carbocycles. The predicted molar refractivity (Wildman–Crippen MR) is 153 cm³/mol. The number of thiophene rings is 1. The van der Waals surface area contributed by atoms with Crippen LogP contribution in [0.4, 0.5) is 5.69 Å². The minimum absolute atomic E-state index is 0.157. The van der Waals surface area contributed by atoms with Gasteiger partial charge in [0.1, 0.15) is 6.04 Å². The Morgan fingerprint density at radius 2 is 2.03 bits per heavy atom. The Balaban J connectivity index is 1.80. The number of phenolic OH excluding ortho intramolecular Hbond substituents is 1. The summed E-state index contributed by atoms with van der Waals surface area (Å²) in [6.45, 7) is 1.87. The van der Waals surface area contributed by atoms with Crippen molar-refractivity contribution in [2.75, 3.05) is 6.61 Å². The number of carbonyl (C=O) groups excluding carboxylic acids is 1. The van der Waals surface area contributed by atoms with E-state index < -0.39 is 33.9 Å². The van der Waals surface area contributed by atoms with Crippen LogP contribution in [0, 0.1) is 13.7 Å². The maximum atomic E-state index is 13.8. The second kappa shape index (κ2) is 10.6. The van der Waals surface area contributed by atoms with Gasteiger partial charge >= 0.3 is 11.7 Å². The molecule has 0 amide bonds. The van der Waals surface area contributed by atoms with Crippen molar-refractivity contribution in [2.45, 2.75) is 13.0 Å². The maximum absolute atomic E-state index is 13.8. The van der Waals surface area contributed by atoms with Crippen LogP contribution in [0.2, 0.25) is 0 Å². The third kappa shape index (κ3) is 4.70. The van der Waals surface area contributed by atoms with Crippen LogP contribution in [0.1, 0.15) is 29.0 Å². The molecule has 1 N–H and O–H groups in total. The summed E-state index contributed by atoms with van der Waals surface area (Å²) in [5.41, 5.74) is 0.915. The zero-order valence-electron chi connectivity index (χ0n) is 19.7. The van der Waals surface area contributed by atoms with Crippen LogP contribution in [0.3, 0.4) is 0 Å². The van der Waals surface area contributed by atoms with E-state index in [-0.39, 0.29) is 20.3 Å². The average molecular weight is 659 g/mol. The molecular formula is C26H18IN3O6S2. The van der Waals surface area contributed by atoms with Crippen molar-refractivity contribution in [1.82, 2.24) is 4.57 Å². The summed E-state index contributed by atoms with van der Waals surface area (Å²) in [6, 6.07) is 14.9. The first-order chi connectivity index (χ1) is 18.3. The largest absolute Gasteiger partial charge is 0.501 e. The van der Waals surface area contributed by atoms with Crippen LogP contribution in [-0.2, 0) is 9.53 Å². The fourth-order valence-corrected chi connectivity index (χ4v) is 6.60. The van der Waals surface area contributed by atoms with Gasteiger partial charge in [0.15, 0.2) is 4.80 Å². The first kappa shape index (κ1) is 26.0. The van der Waals surface area contributed by atoms with Crippen molar-refractivity contribution in [3.8, 4) is 5.75 Å². The highest BCUT2D eigenvalue weighted by atomic mass is 127. The molecule has 38 heavy (non-hydrogen) atoms. The lowest BCUT2D eigenvalue weighted by Crippen LogP contribution is -2.39. The molecule has 0 radical (unpaired) electrons. The molecule has 1 aliphatic heterocycles. The van der Waals surface area contributed by atoms with Crippen LogP contribution in [0.25, 0.3) is 11.8 Å². The summed E-state index contributed by atoms with van der Waals surface area (Å²) in [5, 5.41) is 23.3. The number of esters is 1. The van der Waals surface area contributed by atoms with Gasteiger partial charge in [0.25, 0.3) is 5.56 Å². The van der Waals surface area contributed by atoms with E-state index >= 15 is 0 Å². The SMILES string of the molecule is CCOC(=O)C1=C(c2ccccc2)N=c2sc(=Cc3cc(I)c(O)c([N+](=O)[O-])c3)c(=O)n2C1c1cccs1. The van der Waals surface area contributed by atoms with E-state index in [4.69, 9.17) is 9.73 Å². The number of thiazole rings is 1. The topological polar surface area (TPSA) is 124 Å². The number of fused-ring (bicyclic) bond motifs is 1. The van der Waals surface area contributed by atoms with Crippen molar-refractivity contribution in [3.63, 3.8) is 0 Å². The fraction of sp³-hybridized carbons (Fsp3) is 0.115. The number of nitro groups is 1. The van der Waals surface area contributed by atoms with Crippen molar-refractivity contribution in [2.24, 2.45) is 4.99 Å². The zero-order chi connectivity index (χ0) is 27.0. The normalized spacial score (nSPS) is 15.2. The number of carbonyl (C=O) groups is 1. The predicted octanol–water partition coefficient (Wildman–Crippen LogP) is 4.22. The maximum Gasteiger partial charge on any atom is 0.338 e. The molecule has 0 saturated heterocycles. The van der Waals surface area contributed by atoms with Crippen molar-refractivity contribution < 1.29 is 19.6 Å². The Hall–Kier alpha value is -3.62. The third-order valence-corrected chi connectivity index (χ3v) is 8.48. The van der Waals surface area contributed by atoms with Crippen molar-refractivity contribution in [3.05, 3.63) is 115 Å². The number of nitrogens with zero attached hydrogens (tertiary/aromatic N) is 3. The van der Waals surface area contributed by atoms with E-state index in [9.17, 15) is 24.8 Å². The smallest absolute Gasteiger partial charge is 0.338 e. The molecule has 2 aromatic heterocycles. The summed E-state index contributed by atoms with van der Waals surface area (Å²) < 4.78 is 7.45. The molecule has 1 aliphatic rings. The van der Waals surface area contributed by atoms with Crippen LogP contribution < -0.4 is 14.9 Å². The van der Waals surface area contributed by atoms with Crippen molar-refractivity contribution >= 4 is 68.7 Å². The van der Waals surface area contributed by atoms with Crippen LogP contribution in [-0.4, -0.2) is 27.2 Å². The number of aromatic nitrogens is 1. The number of ether oxygens (including phenoxy) is 1. The monoisotopic (exact) mass is 659 g/mol. The lowest BCUT2D eigenvalue weighted by atomic mass is 9.97. The van der Waals surface area contributed by atoms with Gasteiger partial charge in [0.2, 0.25) is 5.75 Å². The minimum atomic E-state index is -0.767. The van der Waals surface area contributed by atoms with Gasteiger partial charge in [-0.1, -0.05) is 47.7 Å². The molecule has 0 spiro atoms. The second-order valence-corrected chi connectivity index (χ2v) is 11.2. The highest BCUT2D eigenvalue weighted by molar-refractivity contribution is 14.1. The van der Waals surface area contributed by atoms with E-state index in [1.807, 2.05) is 47.8 Å². The number of halogens is 1. The number of nitro benzene ring substituents is 1. The van der Waals surface area contributed by atoms with Crippen LogP contribution >= 0.6 is 45.3 Å². The number of phenols is 1. The average Bonchev–Trinajstić information content (AvgIpc) is 3.54. The number of rotatable bonds is 6. The molecule has 0 bridgehead atoms. The summed E-state index contributed by atoms with van der Waals surface area (Å²) in [6.07, 6.45) is 1.53. The van der Waals surface area contributed by atoms with E-state index in [0.29, 0.717) is 21.6 Å². The molecule has 9 nitrogen and oxygen atoms in total. The van der Waals surface area contributed by atoms with Crippen LogP contribution in [0.15, 0.2) is 75.3 Å². The molecule has 0 fully saturated rings. The van der Waals surface area contributed by atoms with Gasteiger partial charge in [0, 0.05) is 16.5 Å². The van der Waals surface area contributed by atoms with Gasteiger partial charge in [-0.3, -0.25) is 19.5 Å². The molecule has 0 saturated carbocycles. The Bertz CT molecular complexity index is 1780. The first-order valence-corrected chi connectivity index (χ1v) is 14.1. The zero-order valence-corrected chi connectivity index (χ0v) is 23.5. The number of aromatic hydroxyl groups is 1. The minimum Gasteiger partial charge on any atom is -0.501 e. The Labute approximate surface area is 237 Å². The molecule has 192 valence electrons. The third-order valence-electron chi connectivity index (χ3n) is 5.75. The summed E-state index contributed by atoms with van der Waals surface area (Å²) >= 11 is 4.33. The van der Waals surface area contributed by atoms with E-state index in [1.54, 1.807) is 35.6 Å². The molecule has 5 rings (SSSR count). The second-order valence-electron chi connectivity index (χ2n) is 8.07. The highest BCUT2D eigenvalue weighted by Gasteiger charge is 2.35. The lowest BCUT2D eigenvalue weighted by Gasteiger charge is -2.24. The molecule has 3 heterocycles. The van der Waals surface area contributed by atoms with E-state index in [2.05, 4.69) is 0 Å². The quantitative estimate of drug-likeness (QED) is 0.143. The van der Waals surface area contributed by atoms with Gasteiger partial charge < -0.3 is 9.84 Å². The Morgan fingerprint density at radius 1 is 1.26 bits per heavy atom. The number of hydrogen-bond donors (Lipinski definition) is 1. The number of benzene rings is 2. The van der Waals surface area contributed by atoms with Gasteiger partial charge in [-0.2, -0.15) is 0 Å². The molecule has 12 heteroatoms. The fourth-order valence-electron chi connectivity index (χ4n) is 4.14. The summed E-state index contributed by atoms with van der Waals surface area (Å²) in [5.74, 6) is -0.995. The molecule has 0 aliphatic carbocycles. The van der Waals surface area contributed by atoms with Crippen molar-refractivity contribution in [1.29, 1.82) is 0 Å². The van der Waals surface area contributed by atoms with Gasteiger partial charge in [-0.05, 0) is 58.7 Å². The molecular weight excluding hydrogens is 641 g/mol. The Morgan fingerprint density at radius 3 is 2.68 bits per heavy atom.